The van der Waals surface area contributed by atoms with Crippen LogP contribution in [0.5, 0.6) is 0 Å². The molecule has 1 aliphatic heterocycles. The van der Waals surface area contributed by atoms with E-state index >= 15 is 0 Å². The molecule has 3 nitrogen and oxygen atoms in total. The van der Waals surface area contributed by atoms with Gasteiger partial charge in [0.25, 0.3) is 0 Å². The molecule has 3 heteroatoms. The van der Waals surface area contributed by atoms with E-state index in [0.717, 1.165) is 29.9 Å². The van der Waals surface area contributed by atoms with Crippen LogP contribution in [0.15, 0.2) is 12.1 Å². The van der Waals surface area contributed by atoms with Gasteiger partial charge in [-0.05, 0) is 24.1 Å². The summed E-state index contributed by atoms with van der Waals surface area (Å²) < 4.78 is 0. The standard InChI is InChI=1S/C10H11N3.C2H6/c1-6-12-9-3-2-7-4-11-5-8(7)10(9)13-6;1-2/h2-3,11H,4-5H2,1H3,(H,12,13);1-2H3. The number of aromatic nitrogens is 2. The summed E-state index contributed by atoms with van der Waals surface area (Å²) in [6, 6.07) is 4.29. The van der Waals surface area contributed by atoms with Crippen LogP contribution in [0.3, 0.4) is 0 Å². The molecule has 80 valence electrons. The Bertz CT molecular complexity index is 471. The number of benzene rings is 1. The third-order valence-corrected chi connectivity index (χ3v) is 2.59. The van der Waals surface area contributed by atoms with Crippen molar-refractivity contribution in [3.05, 3.63) is 29.1 Å². The van der Waals surface area contributed by atoms with Gasteiger partial charge in [-0.2, -0.15) is 0 Å². The molecule has 0 saturated heterocycles. The summed E-state index contributed by atoms with van der Waals surface area (Å²) in [5.74, 6) is 0.996. The molecule has 0 bridgehead atoms. The molecule has 0 unspecified atom stereocenters. The zero-order valence-electron chi connectivity index (χ0n) is 9.52. The summed E-state index contributed by atoms with van der Waals surface area (Å²) in [5, 5.41) is 3.34. The Morgan fingerprint density at radius 1 is 1.20 bits per heavy atom. The van der Waals surface area contributed by atoms with Crippen LogP contribution in [0.4, 0.5) is 0 Å². The second-order valence-corrected chi connectivity index (χ2v) is 3.53. The normalized spacial score (nSPS) is 13.5. The van der Waals surface area contributed by atoms with Crippen LogP contribution in [-0.2, 0) is 13.1 Å². The monoisotopic (exact) mass is 203 g/mol. The molecule has 0 saturated carbocycles. The van der Waals surface area contributed by atoms with Crippen LogP contribution in [0.1, 0.15) is 30.8 Å². The van der Waals surface area contributed by atoms with Crippen LogP contribution in [0.25, 0.3) is 11.0 Å². The molecule has 15 heavy (non-hydrogen) atoms. The van der Waals surface area contributed by atoms with Gasteiger partial charge in [0, 0.05) is 13.1 Å². The highest BCUT2D eigenvalue weighted by Crippen LogP contribution is 2.23. The summed E-state index contributed by atoms with van der Waals surface area (Å²) >= 11 is 0. The lowest BCUT2D eigenvalue weighted by Crippen LogP contribution is -2.00. The molecule has 0 radical (unpaired) electrons. The van der Waals surface area contributed by atoms with E-state index in [2.05, 4.69) is 27.4 Å². The van der Waals surface area contributed by atoms with E-state index in [9.17, 15) is 0 Å². The van der Waals surface area contributed by atoms with E-state index in [1.165, 1.54) is 11.1 Å². The van der Waals surface area contributed by atoms with Crippen LogP contribution < -0.4 is 5.32 Å². The number of aromatic amines is 1. The number of nitrogens with one attached hydrogen (secondary N) is 2. The van der Waals surface area contributed by atoms with Crippen molar-refractivity contribution in [3.8, 4) is 0 Å². The zero-order valence-corrected chi connectivity index (χ0v) is 9.52. The summed E-state index contributed by atoms with van der Waals surface area (Å²) in [4.78, 5) is 7.74. The maximum atomic E-state index is 4.49. The Hall–Kier alpha value is -1.35. The number of fused-ring (bicyclic) bond motifs is 3. The van der Waals surface area contributed by atoms with Gasteiger partial charge in [-0.1, -0.05) is 19.9 Å². The molecule has 3 rings (SSSR count). The number of nitrogens with zero attached hydrogens (tertiary/aromatic N) is 1. The minimum atomic E-state index is 0.955. The van der Waals surface area contributed by atoms with Crippen molar-refractivity contribution >= 4 is 11.0 Å². The van der Waals surface area contributed by atoms with Gasteiger partial charge in [0.1, 0.15) is 5.82 Å². The number of hydrogen-bond donors (Lipinski definition) is 2. The van der Waals surface area contributed by atoms with Gasteiger partial charge in [-0.15, -0.1) is 0 Å². The van der Waals surface area contributed by atoms with E-state index in [1.807, 2.05) is 20.8 Å². The second-order valence-electron chi connectivity index (χ2n) is 3.53. The second kappa shape index (κ2) is 4.03. The summed E-state index contributed by atoms with van der Waals surface area (Å²) in [5.41, 5.74) is 5.04. The minimum Gasteiger partial charge on any atom is -0.342 e. The van der Waals surface area contributed by atoms with E-state index in [1.54, 1.807) is 0 Å². The molecule has 1 aromatic carbocycles. The Labute approximate surface area is 89.9 Å². The quantitative estimate of drug-likeness (QED) is 0.690. The Balaban J connectivity index is 0.000000404. The van der Waals surface area contributed by atoms with E-state index in [0.29, 0.717) is 0 Å². The number of aryl methyl sites for hydroxylation is 1. The molecule has 0 spiro atoms. The molecule has 0 atom stereocenters. The minimum absolute atomic E-state index is 0.955. The molecule has 0 aliphatic carbocycles. The largest absolute Gasteiger partial charge is 0.342 e. The Kier molecular flexibility index (Phi) is 2.73. The zero-order chi connectivity index (χ0) is 10.8. The Morgan fingerprint density at radius 2 is 2.00 bits per heavy atom. The Morgan fingerprint density at radius 3 is 2.80 bits per heavy atom. The van der Waals surface area contributed by atoms with Gasteiger partial charge in [-0.3, -0.25) is 0 Å². The van der Waals surface area contributed by atoms with Crippen LogP contribution >= 0.6 is 0 Å². The van der Waals surface area contributed by atoms with Gasteiger partial charge < -0.3 is 10.3 Å². The third-order valence-electron chi connectivity index (χ3n) is 2.59. The van der Waals surface area contributed by atoms with Crippen LogP contribution in [-0.4, -0.2) is 9.97 Å². The molecule has 2 heterocycles. The first-order valence-electron chi connectivity index (χ1n) is 5.52. The van der Waals surface area contributed by atoms with Gasteiger partial charge in [0.05, 0.1) is 11.0 Å². The highest BCUT2D eigenvalue weighted by atomic mass is 14.9. The fraction of sp³-hybridized carbons (Fsp3) is 0.417. The van der Waals surface area contributed by atoms with E-state index in [4.69, 9.17) is 0 Å². The smallest absolute Gasteiger partial charge is 0.104 e. The SMILES string of the molecule is CC.Cc1nc2c3c(ccc2[nH]1)CNC3. The fourth-order valence-corrected chi connectivity index (χ4v) is 1.98. The van der Waals surface area contributed by atoms with Crippen molar-refractivity contribution < 1.29 is 0 Å². The number of hydrogen-bond acceptors (Lipinski definition) is 2. The van der Waals surface area contributed by atoms with Gasteiger partial charge in [0.15, 0.2) is 0 Å². The average molecular weight is 203 g/mol. The predicted molar refractivity (Wildman–Crippen MR) is 62.7 cm³/mol. The molecule has 2 aromatic rings. The average Bonchev–Trinajstić information content (AvgIpc) is 2.84. The fourth-order valence-electron chi connectivity index (χ4n) is 1.98. The lowest BCUT2D eigenvalue weighted by atomic mass is 10.1. The first-order chi connectivity index (χ1) is 7.34. The summed E-state index contributed by atoms with van der Waals surface area (Å²) in [6.07, 6.45) is 0. The van der Waals surface area contributed by atoms with Crippen molar-refractivity contribution in [1.82, 2.24) is 15.3 Å². The predicted octanol–water partition coefficient (Wildman–Crippen LogP) is 2.50. The van der Waals surface area contributed by atoms with Crippen LogP contribution in [0.2, 0.25) is 0 Å². The van der Waals surface area contributed by atoms with E-state index < -0.39 is 0 Å². The van der Waals surface area contributed by atoms with Crippen molar-refractivity contribution in [2.24, 2.45) is 0 Å². The highest BCUT2D eigenvalue weighted by molar-refractivity contribution is 5.80. The molecule has 1 aliphatic rings. The number of H-pyrrole nitrogens is 1. The van der Waals surface area contributed by atoms with E-state index in [-0.39, 0.29) is 0 Å². The molecular formula is C12H17N3. The third kappa shape index (κ3) is 1.63. The molecular weight excluding hydrogens is 186 g/mol. The lowest BCUT2D eigenvalue weighted by molar-refractivity contribution is 0.765. The lowest BCUT2D eigenvalue weighted by Gasteiger charge is -1.96. The first kappa shape index (κ1) is 10.2. The van der Waals surface area contributed by atoms with Crippen molar-refractivity contribution in [3.63, 3.8) is 0 Å². The van der Waals surface area contributed by atoms with Gasteiger partial charge >= 0.3 is 0 Å². The van der Waals surface area contributed by atoms with Crippen molar-refractivity contribution in [1.29, 1.82) is 0 Å². The summed E-state index contributed by atoms with van der Waals surface area (Å²) in [7, 11) is 0. The first-order valence-corrected chi connectivity index (χ1v) is 5.52. The van der Waals surface area contributed by atoms with Crippen LogP contribution in [0, 0.1) is 6.92 Å². The maximum Gasteiger partial charge on any atom is 0.104 e. The molecule has 0 amide bonds. The maximum absolute atomic E-state index is 4.49. The summed E-state index contributed by atoms with van der Waals surface area (Å²) in [6.45, 7) is 7.93. The topological polar surface area (TPSA) is 40.7 Å². The van der Waals surface area contributed by atoms with Gasteiger partial charge in [-0.25, -0.2) is 4.98 Å². The van der Waals surface area contributed by atoms with Crippen molar-refractivity contribution in [2.45, 2.75) is 33.9 Å². The van der Waals surface area contributed by atoms with Crippen molar-refractivity contribution in [2.75, 3.05) is 0 Å². The molecule has 2 N–H and O–H groups in total. The van der Waals surface area contributed by atoms with Gasteiger partial charge in [0.2, 0.25) is 0 Å². The highest BCUT2D eigenvalue weighted by Gasteiger charge is 2.14. The number of imidazole rings is 1. The molecule has 0 fully saturated rings. The molecule has 1 aromatic heterocycles. The number of rotatable bonds is 0.